The molecule has 6 nitrogen and oxygen atoms in total. The molecule has 0 bridgehead atoms. The minimum Gasteiger partial charge on any atom is -0.409 e. The summed E-state index contributed by atoms with van der Waals surface area (Å²) < 4.78 is 1.83. The molecule has 0 amide bonds. The smallest absolute Gasteiger partial charge is 0.175 e. The van der Waals surface area contributed by atoms with Crippen molar-refractivity contribution in [2.45, 2.75) is 39.2 Å². The summed E-state index contributed by atoms with van der Waals surface area (Å²) in [7, 11) is 1.90. The van der Waals surface area contributed by atoms with Crippen LogP contribution in [0.5, 0.6) is 0 Å². The van der Waals surface area contributed by atoms with Crippen molar-refractivity contribution in [2.75, 3.05) is 11.4 Å². The van der Waals surface area contributed by atoms with E-state index in [1.54, 1.807) is 0 Å². The molecule has 1 fully saturated rings. The molecule has 1 saturated carbocycles. The van der Waals surface area contributed by atoms with Crippen LogP contribution < -0.4 is 10.6 Å². The van der Waals surface area contributed by atoms with Crippen LogP contribution in [0.4, 0.5) is 5.82 Å². The van der Waals surface area contributed by atoms with Crippen LogP contribution in [0.25, 0.3) is 0 Å². The fraction of sp³-hybridized carbons (Fsp3) is 0.667. The van der Waals surface area contributed by atoms with Gasteiger partial charge in [-0.15, -0.1) is 0 Å². The second kappa shape index (κ2) is 4.88. The molecule has 0 saturated heterocycles. The van der Waals surface area contributed by atoms with E-state index in [4.69, 9.17) is 10.9 Å². The SMILES string of the molecule is CCCN(c1c(/C(N)=N/O)c(C)nn1C)C1CC1. The highest BCUT2D eigenvalue weighted by Crippen LogP contribution is 2.34. The standard InChI is InChI=1S/C12H21N5O/c1-4-7-17(9-5-6-9)12-10(11(13)15-18)8(2)14-16(12)3/h9,18H,4-7H2,1-3H3,(H2,13,15). The molecule has 0 unspecified atom stereocenters. The van der Waals surface area contributed by atoms with Gasteiger partial charge < -0.3 is 15.8 Å². The Hall–Kier alpha value is -1.72. The normalized spacial score (nSPS) is 16.1. The van der Waals surface area contributed by atoms with Gasteiger partial charge in [-0.3, -0.25) is 4.68 Å². The molecule has 100 valence electrons. The highest BCUT2D eigenvalue weighted by Gasteiger charge is 2.33. The first-order chi connectivity index (χ1) is 8.60. The highest BCUT2D eigenvalue weighted by molar-refractivity contribution is 6.02. The summed E-state index contributed by atoms with van der Waals surface area (Å²) in [6, 6.07) is 0.574. The lowest BCUT2D eigenvalue weighted by molar-refractivity contribution is 0.318. The van der Waals surface area contributed by atoms with Crippen molar-refractivity contribution in [3.63, 3.8) is 0 Å². The predicted molar refractivity (Wildman–Crippen MR) is 71.1 cm³/mol. The molecule has 1 aromatic heterocycles. The van der Waals surface area contributed by atoms with Crippen LogP contribution in [-0.2, 0) is 7.05 Å². The van der Waals surface area contributed by atoms with E-state index in [2.05, 4.69) is 22.1 Å². The number of anilines is 1. The van der Waals surface area contributed by atoms with Crippen LogP contribution in [0.1, 0.15) is 37.4 Å². The number of nitrogens with zero attached hydrogens (tertiary/aromatic N) is 4. The fourth-order valence-electron chi connectivity index (χ4n) is 2.41. The van der Waals surface area contributed by atoms with Crippen molar-refractivity contribution in [3.05, 3.63) is 11.3 Å². The Balaban J connectivity index is 2.47. The van der Waals surface area contributed by atoms with Crippen LogP contribution in [0, 0.1) is 6.92 Å². The highest BCUT2D eigenvalue weighted by atomic mass is 16.4. The van der Waals surface area contributed by atoms with Gasteiger partial charge in [0.15, 0.2) is 5.84 Å². The van der Waals surface area contributed by atoms with Crippen molar-refractivity contribution >= 4 is 11.7 Å². The lowest BCUT2D eigenvalue weighted by atomic mass is 10.2. The lowest BCUT2D eigenvalue weighted by Crippen LogP contribution is -2.31. The molecule has 0 radical (unpaired) electrons. The Kier molecular flexibility index (Phi) is 3.45. The van der Waals surface area contributed by atoms with Crippen LogP contribution in [0.2, 0.25) is 0 Å². The molecule has 0 spiro atoms. The number of nitrogens with two attached hydrogens (primary N) is 1. The first-order valence-corrected chi connectivity index (χ1v) is 6.38. The summed E-state index contributed by atoms with van der Waals surface area (Å²) in [5.74, 6) is 1.10. The van der Waals surface area contributed by atoms with Gasteiger partial charge in [0.05, 0.1) is 11.3 Å². The van der Waals surface area contributed by atoms with Crippen molar-refractivity contribution in [3.8, 4) is 0 Å². The van der Waals surface area contributed by atoms with E-state index in [1.807, 2.05) is 18.7 Å². The van der Waals surface area contributed by atoms with Gasteiger partial charge in [0.2, 0.25) is 0 Å². The number of aromatic nitrogens is 2. The molecular weight excluding hydrogens is 230 g/mol. The topological polar surface area (TPSA) is 79.7 Å². The third-order valence-electron chi connectivity index (χ3n) is 3.28. The van der Waals surface area contributed by atoms with Gasteiger partial charge in [0.25, 0.3) is 0 Å². The maximum absolute atomic E-state index is 8.92. The lowest BCUT2D eigenvalue weighted by Gasteiger charge is -2.25. The summed E-state index contributed by atoms with van der Waals surface area (Å²) in [6.07, 6.45) is 3.48. The second-order valence-corrected chi connectivity index (χ2v) is 4.82. The van der Waals surface area contributed by atoms with Crippen LogP contribution in [-0.4, -0.2) is 33.4 Å². The van der Waals surface area contributed by atoms with Gasteiger partial charge in [-0.1, -0.05) is 12.1 Å². The van der Waals surface area contributed by atoms with Gasteiger partial charge in [0, 0.05) is 19.6 Å². The Morgan fingerprint density at radius 1 is 1.61 bits per heavy atom. The number of hydrogen-bond donors (Lipinski definition) is 2. The van der Waals surface area contributed by atoms with E-state index in [-0.39, 0.29) is 5.84 Å². The predicted octanol–water partition coefficient (Wildman–Crippen LogP) is 1.20. The van der Waals surface area contributed by atoms with Gasteiger partial charge >= 0.3 is 0 Å². The maximum atomic E-state index is 8.92. The van der Waals surface area contributed by atoms with Crippen LogP contribution in [0.15, 0.2) is 5.16 Å². The van der Waals surface area contributed by atoms with Gasteiger partial charge in [-0.05, 0) is 26.2 Å². The monoisotopic (exact) mass is 251 g/mol. The molecule has 2 rings (SSSR count). The van der Waals surface area contributed by atoms with Crippen LogP contribution in [0.3, 0.4) is 0 Å². The molecule has 1 aliphatic rings. The molecule has 6 heteroatoms. The first-order valence-electron chi connectivity index (χ1n) is 6.38. The minimum atomic E-state index is 0.136. The van der Waals surface area contributed by atoms with E-state index < -0.39 is 0 Å². The number of oxime groups is 1. The second-order valence-electron chi connectivity index (χ2n) is 4.82. The third-order valence-corrected chi connectivity index (χ3v) is 3.28. The average molecular weight is 251 g/mol. The molecule has 0 atom stereocenters. The quantitative estimate of drug-likeness (QED) is 0.357. The maximum Gasteiger partial charge on any atom is 0.175 e. The Labute approximate surface area is 107 Å². The molecule has 0 aliphatic heterocycles. The average Bonchev–Trinajstić information content (AvgIpc) is 3.12. The number of hydrogen-bond acceptors (Lipinski definition) is 4. The zero-order valence-electron chi connectivity index (χ0n) is 11.2. The van der Waals surface area contributed by atoms with E-state index in [1.165, 1.54) is 12.8 Å². The Morgan fingerprint density at radius 2 is 2.28 bits per heavy atom. The zero-order chi connectivity index (χ0) is 13.3. The summed E-state index contributed by atoms with van der Waals surface area (Å²) >= 11 is 0. The molecule has 18 heavy (non-hydrogen) atoms. The number of aryl methyl sites for hydroxylation is 2. The largest absolute Gasteiger partial charge is 0.409 e. The molecule has 3 N–H and O–H groups in total. The van der Waals surface area contributed by atoms with Crippen LogP contribution >= 0.6 is 0 Å². The molecule has 0 aromatic carbocycles. The van der Waals surface area contributed by atoms with Gasteiger partial charge in [-0.25, -0.2) is 0 Å². The third kappa shape index (κ3) is 2.14. The number of rotatable bonds is 5. The van der Waals surface area contributed by atoms with Crippen molar-refractivity contribution < 1.29 is 5.21 Å². The van der Waals surface area contributed by atoms with Gasteiger partial charge in [-0.2, -0.15) is 5.10 Å². The fourth-order valence-corrected chi connectivity index (χ4v) is 2.41. The zero-order valence-corrected chi connectivity index (χ0v) is 11.2. The minimum absolute atomic E-state index is 0.136. The Bertz CT molecular complexity index is 461. The Morgan fingerprint density at radius 3 is 2.78 bits per heavy atom. The van der Waals surface area contributed by atoms with E-state index >= 15 is 0 Å². The van der Waals surface area contributed by atoms with E-state index in [9.17, 15) is 0 Å². The first kappa shape index (κ1) is 12.7. The van der Waals surface area contributed by atoms with Crippen molar-refractivity contribution in [2.24, 2.45) is 17.9 Å². The summed E-state index contributed by atoms with van der Waals surface area (Å²) in [5.41, 5.74) is 7.33. The molecular formula is C12H21N5O. The number of amidine groups is 1. The van der Waals surface area contributed by atoms with Crippen molar-refractivity contribution in [1.29, 1.82) is 0 Å². The van der Waals surface area contributed by atoms with E-state index in [0.29, 0.717) is 6.04 Å². The summed E-state index contributed by atoms with van der Waals surface area (Å²) in [4.78, 5) is 2.33. The summed E-state index contributed by atoms with van der Waals surface area (Å²) in [6.45, 7) is 5.00. The molecule has 1 heterocycles. The van der Waals surface area contributed by atoms with E-state index in [0.717, 1.165) is 30.0 Å². The summed E-state index contributed by atoms with van der Waals surface area (Å²) in [5, 5.41) is 16.4. The molecule has 1 aliphatic carbocycles. The molecule has 1 aromatic rings. The van der Waals surface area contributed by atoms with Crippen molar-refractivity contribution in [1.82, 2.24) is 9.78 Å². The van der Waals surface area contributed by atoms with Gasteiger partial charge in [0.1, 0.15) is 5.82 Å².